The molecule has 0 aliphatic carbocycles. The molecule has 0 atom stereocenters. The van der Waals surface area contributed by atoms with Gasteiger partial charge in [-0.3, -0.25) is 4.79 Å². The van der Waals surface area contributed by atoms with Gasteiger partial charge >= 0.3 is 11.9 Å². The SMILES string of the molecule is CCCC=C(OC(=O)CCCCCCCCCCCCCCC)C(=O)O. The number of hydrogen-bond acceptors (Lipinski definition) is 3. The number of carbonyl (C=O) groups excluding carboxylic acids is 1. The zero-order valence-electron chi connectivity index (χ0n) is 17.1. The molecule has 0 rings (SSSR count). The van der Waals surface area contributed by atoms with Crippen molar-refractivity contribution in [3.05, 3.63) is 11.8 Å². The van der Waals surface area contributed by atoms with E-state index in [1.54, 1.807) is 0 Å². The van der Waals surface area contributed by atoms with Crippen molar-refractivity contribution >= 4 is 11.9 Å². The molecule has 0 heterocycles. The highest BCUT2D eigenvalue weighted by Crippen LogP contribution is 2.13. The largest absolute Gasteiger partial charge is 0.475 e. The number of esters is 1. The van der Waals surface area contributed by atoms with E-state index in [-0.39, 0.29) is 5.76 Å². The van der Waals surface area contributed by atoms with Gasteiger partial charge in [-0.15, -0.1) is 0 Å². The summed E-state index contributed by atoms with van der Waals surface area (Å²) in [6.07, 6.45) is 19.5. The van der Waals surface area contributed by atoms with Crippen LogP contribution in [0, 0.1) is 0 Å². The minimum atomic E-state index is -1.17. The Bertz CT molecular complexity index is 388. The Balaban J connectivity index is 3.49. The second-order valence-electron chi connectivity index (χ2n) is 7.13. The Morgan fingerprint density at radius 3 is 1.62 bits per heavy atom. The predicted octanol–water partition coefficient (Wildman–Crippen LogP) is 6.78. The average molecular weight is 369 g/mol. The van der Waals surface area contributed by atoms with Crippen molar-refractivity contribution in [1.29, 1.82) is 0 Å². The van der Waals surface area contributed by atoms with Gasteiger partial charge in [0, 0.05) is 6.42 Å². The quantitative estimate of drug-likeness (QED) is 0.125. The molecule has 0 radical (unpaired) electrons. The minimum Gasteiger partial charge on any atom is -0.475 e. The lowest BCUT2D eigenvalue weighted by Gasteiger charge is -2.05. The standard InChI is InChI=1S/C22H40O4/c1-3-5-7-8-9-10-11-12-13-14-15-16-17-19-21(23)26-20(22(24)25)18-6-4-2/h18H,3-17,19H2,1-2H3,(H,24,25). The Kier molecular flexibility index (Phi) is 17.5. The van der Waals surface area contributed by atoms with E-state index in [9.17, 15) is 9.59 Å². The van der Waals surface area contributed by atoms with E-state index >= 15 is 0 Å². The van der Waals surface area contributed by atoms with Crippen LogP contribution in [0.15, 0.2) is 11.8 Å². The van der Waals surface area contributed by atoms with Crippen LogP contribution < -0.4 is 0 Å². The van der Waals surface area contributed by atoms with E-state index in [0.29, 0.717) is 12.8 Å². The molecule has 0 unspecified atom stereocenters. The molecule has 0 fully saturated rings. The van der Waals surface area contributed by atoms with Crippen LogP contribution in [-0.2, 0) is 14.3 Å². The van der Waals surface area contributed by atoms with Gasteiger partial charge in [-0.1, -0.05) is 97.3 Å². The Morgan fingerprint density at radius 2 is 1.19 bits per heavy atom. The fraction of sp³-hybridized carbons (Fsp3) is 0.818. The third-order valence-corrected chi connectivity index (χ3v) is 4.54. The molecule has 0 aromatic carbocycles. The third kappa shape index (κ3) is 16.2. The molecule has 26 heavy (non-hydrogen) atoms. The van der Waals surface area contributed by atoms with Crippen LogP contribution >= 0.6 is 0 Å². The first-order valence-corrected chi connectivity index (χ1v) is 10.8. The summed E-state index contributed by atoms with van der Waals surface area (Å²) in [5.41, 5.74) is 0. The van der Waals surface area contributed by atoms with Crippen molar-refractivity contribution in [1.82, 2.24) is 0 Å². The summed E-state index contributed by atoms with van der Waals surface area (Å²) in [6, 6.07) is 0. The molecular formula is C22H40O4. The van der Waals surface area contributed by atoms with Crippen molar-refractivity contribution in [3.63, 3.8) is 0 Å². The van der Waals surface area contributed by atoms with Gasteiger partial charge in [-0.05, 0) is 18.9 Å². The number of allylic oxidation sites excluding steroid dienone is 1. The number of aliphatic carboxylic acids is 1. The van der Waals surface area contributed by atoms with Gasteiger partial charge in [-0.2, -0.15) is 0 Å². The molecular weight excluding hydrogens is 328 g/mol. The van der Waals surface area contributed by atoms with E-state index in [4.69, 9.17) is 9.84 Å². The first kappa shape index (κ1) is 24.7. The molecule has 152 valence electrons. The summed E-state index contributed by atoms with van der Waals surface area (Å²) in [5.74, 6) is -1.83. The summed E-state index contributed by atoms with van der Waals surface area (Å²) < 4.78 is 4.94. The van der Waals surface area contributed by atoms with Crippen molar-refractivity contribution in [3.8, 4) is 0 Å². The molecule has 0 aliphatic heterocycles. The van der Waals surface area contributed by atoms with E-state index in [1.165, 1.54) is 70.3 Å². The van der Waals surface area contributed by atoms with Crippen LogP contribution in [0.25, 0.3) is 0 Å². The van der Waals surface area contributed by atoms with Crippen molar-refractivity contribution in [2.24, 2.45) is 0 Å². The number of carboxylic acids is 1. The molecule has 0 saturated carbocycles. The topological polar surface area (TPSA) is 63.6 Å². The van der Waals surface area contributed by atoms with Gasteiger partial charge in [0.05, 0.1) is 0 Å². The average Bonchev–Trinajstić information content (AvgIpc) is 2.62. The van der Waals surface area contributed by atoms with Crippen LogP contribution in [0.3, 0.4) is 0 Å². The van der Waals surface area contributed by atoms with Crippen LogP contribution in [-0.4, -0.2) is 17.0 Å². The number of ether oxygens (including phenoxy) is 1. The van der Waals surface area contributed by atoms with Crippen LogP contribution in [0.2, 0.25) is 0 Å². The lowest BCUT2D eigenvalue weighted by atomic mass is 10.0. The van der Waals surface area contributed by atoms with Crippen LogP contribution in [0.4, 0.5) is 0 Å². The normalized spacial score (nSPS) is 11.5. The zero-order valence-corrected chi connectivity index (χ0v) is 17.1. The first-order chi connectivity index (χ1) is 12.6. The Hall–Kier alpha value is -1.32. The number of rotatable bonds is 18. The molecule has 0 aliphatic rings. The number of carbonyl (C=O) groups is 2. The van der Waals surface area contributed by atoms with Gasteiger partial charge in [0.1, 0.15) is 0 Å². The lowest BCUT2D eigenvalue weighted by Crippen LogP contribution is -2.11. The Morgan fingerprint density at radius 1 is 0.731 bits per heavy atom. The van der Waals surface area contributed by atoms with Gasteiger partial charge in [0.15, 0.2) is 0 Å². The highest BCUT2D eigenvalue weighted by Gasteiger charge is 2.13. The predicted molar refractivity (Wildman–Crippen MR) is 107 cm³/mol. The number of carboxylic acid groups (broad SMARTS) is 1. The molecule has 4 heteroatoms. The molecule has 0 aromatic rings. The Labute approximate surface area is 160 Å². The van der Waals surface area contributed by atoms with Gasteiger partial charge in [0.25, 0.3) is 0 Å². The van der Waals surface area contributed by atoms with Crippen molar-refractivity contribution < 1.29 is 19.4 Å². The highest BCUT2D eigenvalue weighted by atomic mass is 16.6. The molecule has 0 saturated heterocycles. The summed E-state index contributed by atoms with van der Waals surface area (Å²) in [7, 11) is 0. The van der Waals surface area contributed by atoms with Crippen molar-refractivity contribution in [2.45, 2.75) is 117 Å². The first-order valence-electron chi connectivity index (χ1n) is 10.8. The van der Waals surface area contributed by atoms with Gasteiger partial charge < -0.3 is 9.84 Å². The van der Waals surface area contributed by atoms with E-state index in [0.717, 1.165) is 25.7 Å². The second-order valence-corrected chi connectivity index (χ2v) is 7.13. The molecule has 0 amide bonds. The van der Waals surface area contributed by atoms with E-state index in [1.807, 2.05) is 6.92 Å². The van der Waals surface area contributed by atoms with Crippen LogP contribution in [0.1, 0.15) is 117 Å². The third-order valence-electron chi connectivity index (χ3n) is 4.54. The maximum atomic E-state index is 11.7. The highest BCUT2D eigenvalue weighted by molar-refractivity contribution is 5.87. The van der Waals surface area contributed by atoms with E-state index in [2.05, 4.69) is 6.92 Å². The summed E-state index contributed by atoms with van der Waals surface area (Å²) in [5, 5.41) is 8.99. The maximum absolute atomic E-state index is 11.7. The lowest BCUT2D eigenvalue weighted by molar-refractivity contribution is -0.148. The van der Waals surface area contributed by atoms with Gasteiger partial charge in [-0.25, -0.2) is 4.79 Å². The number of unbranched alkanes of at least 4 members (excludes halogenated alkanes) is 13. The molecule has 1 N–H and O–H groups in total. The fourth-order valence-electron chi connectivity index (χ4n) is 2.91. The molecule has 0 spiro atoms. The van der Waals surface area contributed by atoms with E-state index < -0.39 is 11.9 Å². The minimum absolute atomic E-state index is 0.230. The summed E-state index contributed by atoms with van der Waals surface area (Å²) in [6.45, 7) is 4.20. The molecule has 0 aromatic heterocycles. The fourth-order valence-corrected chi connectivity index (χ4v) is 2.91. The summed E-state index contributed by atoms with van der Waals surface area (Å²) in [4.78, 5) is 22.7. The second kappa shape index (κ2) is 18.5. The smallest absolute Gasteiger partial charge is 0.371 e. The molecule has 0 bridgehead atoms. The summed E-state index contributed by atoms with van der Waals surface area (Å²) >= 11 is 0. The monoisotopic (exact) mass is 368 g/mol. The maximum Gasteiger partial charge on any atom is 0.371 e. The zero-order chi connectivity index (χ0) is 19.5. The van der Waals surface area contributed by atoms with Crippen LogP contribution in [0.5, 0.6) is 0 Å². The molecule has 4 nitrogen and oxygen atoms in total. The van der Waals surface area contributed by atoms with Gasteiger partial charge in [0.2, 0.25) is 5.76 Å². The van der Waals surface area contributed by atoms with Crippen molar-refractivity contribution in [2.75, 3.05) is 0 Å². The number of hydrogen-bond donors (Lipinski definition) is 1.